The van der Waals surface area contributed by atoms with E-state index in [9.17, 15) is 13.2 Å². The number of guanidine groups is 1. The molecule has 0 amide bonds. The molecule has 0 aliphatic carbocycles. The third-order valence-electron chi connectivity index (χ3n) is 3.25. The van der Waals surface area contributed by atoms with E-state index >= 15 is 0 Å². The molecule has 0 aromatic carbocycles. The van der Waals surface area contributed by atoms with Crippen molar-refractivity contribution in [3.8, 4) is 0 Å². The molecule has 0 aliphatic heterocycles. The Kier molecular flexibility index (Phi) is 9.31. The van der Waals surface area contributed by atoms with Gasteiger partial charge in [0.05, 0.1) is 6.54 Å². The van der Waals surface area contributed by atoms with Gasteiger partial charge in [-0.25, -0.2) is 9.98 Å². The summed E-state index contributed by atoms with van der Waals surface area (Å²) in [5.74, 6) is 0.576. The molecule has 2 aromatic rings. The molecule has 26 heavy (non-hydrogen) atoms. The summed E-state index contributed by atoms with van der Waals surface area (Å²) in [4.78, 5) is 10.5. The van der Waals surface area contributed by atoms with E-state index in [1.165, 1.54) is 9.75 Å². The Balaban J connectivity index is 0.00000338. The summed E-state index contributed by atoms with van der Waals surface area (Å²) in [6.07, 6.45) is -3.55. The molecule has 0 radical (unpaired) electrons. The van der Waals surface area contributed by atoms with Crippen molar-refractivity contribution in [1.29, 1.82) is 0 Å². The van der Waals surface area contributed by atoms with Crippen molar-refractivity contribution in [2.75, 3.05) is 6.54 Å². The first-order valence-electron chi connectivity index (χ1n) is 7.89. The zero-order valence-corrected chi connectivity index (χ0v) is 18.6. The van der Waals surface area contributed by atoms with Crippen LogP contribution in [0.1, 0.15) is 34.3 Å². The second kappa shape index (κ2) is 10.5. The number of thiazole rings is 1. The number of nitrogens with zero attached hydrogens (tertiary/aromatic N) is 2. The van der Waals surface area contributed by atoms with E-state index in [0.29, 0.717) is 17.5 Å². The molecule has 2 aromatic heterocycles. The lowest BCUT2D eigenvalue weighted by molar-refractivity contribution is -0.140. The minimum atomic E-state index is -4.41. The highest BCUT2D eigenvalue weighted by Crippen LogP contribution is 2.30. The SMILES string of the molecule is CCNC(=NCc1nc(C(F)(F)F)cs1)NC(C)Cc1ccc(C)s1.I. The van der Waals surface area contributed by atoms with Crippen LogP contribution in [0.25, 0.3) is 0 Å². The summed E-state index contributed by atoms with van der Waals surface area (Å²) in [7, 11) is 0. The molecule has 10 heteroatoms. The van der Waals surface area contributed by atoms with E-state index in [1.807, 2.05) is 13.8 Å². The fraction of sp³-hybridized carbons (Fsp3) is 0.500. The zero-order chi connectivity index (χ0) is 18.4. The van der Waals surface area contributed by atoms with Gasteiger partial charge in [0.15, 0.2) is 11.7 Å². The van der Waals surface area contributed by atoms with Gasteiger partial charge in [0.2, 0.25) is 0 Å². The normalized spacial score (nSPS) is 13.2. The third-order valence-corrected chi connectivity index (χ3v) is 5.10. The Labute approximate surface area is 176 Å². The van der Waals surface area contributed by atoms with Crippen LogP contribution in [-0.2, 0) is 19.1 Å². The van der Waals surface area contributed by atoms with Gasteiger partial charge in [-0.3, -0.25) is 0 Å². The van der Waals surface area contributed by atoms with E-state index in [1.54, 1.807) is 11.3 Å². The molecule has 0 saturated heterocycles. The van der Waals surface area contributed by atoms with Crippen molar-refractivity contribution in [3.63, 3.8) is 0 Å². The van der Waals surface area contributed by atoms with E-state index in [-0.39, 0.29) is 36.6 Å². The van der Waals surface area contributed by atoms with Crippen LogP contribution in [0.3, 0.4) is 0 Å². The number of hydrogen-bond donors (Lipinski definition) is 2. The molecule has 2 N–H and O–H groups in total. The van der Waals surface area contributed by atoms with Crippen LogP contribution in [0, 0.1) is 6.92 Å². The van der Waals surface area contributed by atoms with Crippen molar-refractivity contribution >= 4 is 52.6 Å². The van der Waals surface area contributed by atoms with Crippen LogP contribution < -0.4 is 10.6 Å². The molecule has 146 valence electrons. The monoisotopic (exact) mass is 518 g/mol. The third kappa shape index (κ3) is 7.39. The molecule has 0 spiro atoms. The predicted octanol–water partition coefficient (Wildman–Crippen LogP) is 4.84. The number of aliphatic imine (C=N–C) groups is 1. The summed E-state index contributed by atoms with van der Waals surface area (Å²) < 4.78 is 37.8. The lowest BCUT2D eigenvalue weighted by Gasteiger charge is -2.17. The van der Waals surface area contributed by atoms with E-state index < -0.39 is 11.9 Å². The van der Waals surface area contributed by atoms with Gasteiger partial charge < -0.3 is 10.6 Å². The van der Waals surface area contributed by atoms with Crippen LogP contribution in [0.4, 0.5) is 13.2 Å². The summed E-state index contributed by atoms with van der Waals surface area (Å²) >= 11 is 2.73. The first-order chi connectivity index (χ1) is 11.8. The lowest BCUT2D eigenvalue weighted by atomic mass is 10.2. The van der Waals surface area contributed by atoms with Crippen molar-refractivity contribution < 1.29 is 13.2 Å². The summed E-state index contributed by atoms with van der Waals surface area (Å²) in [5.41, 5.74) is -0.859. The fourth-order valence-electron chi connectivity index (χ4n) is 2.16. The second-order valence-corrected chi connectivity index (χ2v) is 7.90. The maximum Gasteiger partial charge on any atom is 0.434 e. The molecule has 0 saturated carbocycles. The van der Waals surface area contributed by atoms with Gasteiger partial charge in [-0.05, 0) is 32.9 Å². The first-order valence-corrected chi connectivity index (χ1v) is 9.59. The molecular formula is C16H22F3IN4S2. The largest absolute Gasteiger partial charge is 0.434 e. The average Bonchev–Trinajstić information content (AvgIpc) is 3.13. The number of nitrogens with one attached hydrogen (secondary N) is 2. The summed E-state index contributed by atoms with van der Waals surface area (Å²) in [6, 6.07) is 4.35. The maximum atomic E-state index is 12.6. The van der Waals surface area contributed by atoms with Gasteiger partial charge in [0.25, 0.3) is 0 Å². The number of halogens is 4. The highest BCUT2D eigenvalue weighted by Gasteiger charge is 2.33. The van der Waals surface area contributed by atoms with E-state index in [4.69, 9.17) is 0 Å². The Morgan fingerprint density at radius 3 is 2.62 bits per heavy atom. The molecule has 2 rings (SSSR count). The molecular weight excluding hydrogens is 496 g/mol. The second-order valence-electron chi connectivity index (χ2n) is 5.58. The van der Waals surface area contributed by atoms with Crippen LogP contribution in [0.15, 0.2) is 22.5 Å². The number of rotatable bonds is 6. The Hall–Kier alpha value is -0.880. The minimum Gasteiger partial charge on any atom is -0.357 e. The molecule has 0 bridgehead atoms. The van der Waals surface area contributed by atoms with Crippen molar-refractivity contribution in [3.05, 3.63) is 38.0 Å². The summed E-state index contributed by atoms with van der Waals surface area (Å²) in [6.45, 7) is 6.84. The molecule has 0 fully saturated rings. The molecule has 4 nitrogen and oxygen atoms in total. The maximum absolute atomic E-state index is 12.6. The Morgan fingerprint density at radius 2 is 2.08 bits per heavy atom. The highest BCUT2D eigenvalue weighted by molar-refractivity contribution is 14.0. The minimum absolute atomic E-state index is 0. The van der Waals surface area contributed by atoms with Crippen LogP contribution in [0.5, 0.6) is 0 Å². The van der Waals surface area contributed by atoms with Gasteiger partial charge in [0.1, 0.15) is 5.01 Å². The van der Waals surface area contributed by atoms with Crippen LogP contribution in [0.2, 0.25) is 0 Å². The Bertz CT molecular complexity index is 712. The molecule has 0 aliphatic rings. The van der Waals surface area contributed by atoms with Gasteiger partial charge in [-0.2, -0.15) is 13.2 Å². The van der Waals surface area contributed by atoms with Crippen molar-refractivity contribution in [1.82, 2.24) is 15.6 Å². The first kappa shape index (κ1) is 23.2. The van der Waals surface area contributed by atoms with E-state index in [0.717, 1.165) is 23.1 Å². The van der Waals surface area contributed by atoms with Gasteiger partial charge in [-0.15, -0.1) is 46.7 Å². The fourth-order valence-corrected chi connectivity index (χ4v) is 3.90. The number of thiophene rings is 1. The molecule has 1 unspecified atom stereocenters. The molecule has 2 heterocycles. The number of hydrogen-bond acceptors (Lipinski definition) is 4. The topological polar surface area (TPSA) is 49.3 Å². The van der Waals surface area contributed by atoms with Gasteiger partial charge in [-0.1, -0.05) is 0 Å². The highest BCUT2D eigenvalue weighted by atomic mass is 127. The smallest absolute Gasteiger partial charge is 0.357 e. The van der Waals surface area contributed by atoms with Gasteiger partial charge >= 0.3 is 6.18 Å². The quantitative estimate of drug-likeness (QED) is 0.327. The van der Waals surface area contributed by atoms with E-state index in [2.05, 4.69) is 39.7 Å². The lowest BCUT2D eigenvalue weighted by Crippen LogP contribution is -2.43. The zero-order valence-electron chi connectivity index (χ0n) is 14.7. The van der Waals surface area contributed by atoms with Crippen LogP contribution in [-0.4, -0.2) is 23.5 Å². The number of aryl methyl sites for hydroxylation is 1. The average molecular weight is 518 g/mol. The standard InChI is InChI=1S/C16H21F3N4S2.HI/c1-4-20-15(22-10(2)7-12-6-5-11(3)25-12)21-8-14-23-13(9-24-14)16(17,18)19;/h5-6,9-10H,4,7-8H2,1-3H3,(H2,20,21,22);1H. The van der Waals surface area contributed by atoms with Crippen molar-refractivity contribution in [2.24, 2.45) is 4.99 Å². The summed E-state index contributed by atoms with van der Waals surface area (Å²) in [5, 5.41) is 7.75. The van der Waals surface area contributed by atoms with Crippen LogP contribution >= 0.6 is 46.7 Å². The van der Waals surface area contributed by atoms with Crippen molar-refractivity contribution in [2.45, 2.75) is 46.0 Å². The molecule has 1 atom stereocenters. The Morgan fingerprint density at radius 1 is 1.35 bits per heavy atom. The number of alkyl halides is 3. The van der Waals surface area contributed by atoms with Gasteiger partial charge in [0, 0.05) is 34.1 Å². The predicted molar refractivity (Wildman–Crippen MR) is 113 cm³/mol. The number of aromatic nitrogens is 1.